The van der Waals surface area contributed by atoms with Gasteiger partial charge in [0.2, 0.25) is 0 Å². The van der Waals surface area contributed by atoms with Crippen molar-refractivity contribution >= 4 is 28.5 Å². The van der Waals surface area contributed by atoms with Crippen LogP contribution in [0.3, 0.4) is 0 Å². The van der Waals surface area contributed by atoms with Crippen molar-refractivity contribution in [3.63, 3.8) is 0 Å². The van der Waals surface area contributed by atoms with E-state index in [0.29, 0.717) is 9.13 Å². The molecule has 1 amide bonds. The molecule has 1 N–H and O–H groups in total. The number of hydrogen-bond acceptors (Lipinski definition) is 1. The number of hydrogen-bond donors (Lipinski definition) is 1. The molecule has 0 radical (unpaired) electrons. The number of halogens is 2. The molecule has 2 nitrogen and oxygen atoms in total. The van der Waals surface area contributed by atoms with Gasteiger partial charge < -0.3 is 5.32 Å². The number of amides is 1. The maximum Gasteiger partial charge on any atom is 0.252 e. The fourth-order valence-electron chi connectivity index (χ4n) is 2.00. The summed E-state index contributed by atoms with van der Waals surface area (Å²) in [4.78, 5) is 12.2. The molecule has 0 fully saturated rings. The van der Waals surface area contributed by atoms with E-state index in [4.69, 9.17) is 0 Å². The Balaban J connectivity index is 2.94. The molecule has 4 heteroatoms. The summed E-state index contributed by atoms with van der Waals surface area (Å²) in [6.45, 7) is 6.22. The first-order chi connectivity index (χ1) is 8.48. The molecule has 0 aromatic heterocycles. The van der Waals surface area contributed by atoms with Crippen LogP contribution in [0.4, 0.5) is 4.39 Å². The molecule has 0 spiro atoms. The average Bonchev–Trinajstić information content (AvgIpc) is 2.36. The van der Waals surface area contributed by atoms with Gasteiger partial charge in [-0.05, 0) is 60.1 Å². The lowest BCUT2D eigenvalue weighted by atomic mass is 9.89. The molecule has 0 aliphatic carbocycles. The van der Waals surface area contributed by atoms with Crippen LogP contribution in [0.5, 0.6) is 0 Å². The van der Waals surface area contributed by atoms with Crippen LogP contribution >= 0.6 is 22.6 Å². The molecule has 18 heavy (non-hydrogen) atoms. The van der Waals surface area contributed by atoms with Crippen LogP contribution < -0.4 is 5.32 Å². The van der Waals surface area contributed by atoms with Gasteiger partial charge >= 0.3 is 0 Å². The van der Waals surface area contributed by atoms with Gasteiger partial charge in [0.05, 0.1) is 5.56 Å². The minimum Gasteiger partial charge on any atom is -0.347 e. The summed E-state index contributed by atoms with van der Waals surface area (Å²) in [5, 5.41) is 3.09. The second-order valence-corrected chi connectivity index (χ2v) is 5.58. The van der Waals surface area contributed by atoms with Crippen molar-refractivity contribution in [1.82, 2.24) is 5.32 Å². The van der Waals surface area contributed by atoms with E-state index in [9.17, 15) is 9.18 Å². The van der Waals surface area contributed by atoms with Crippen LogP contribution in [0.2, 0.25) is 0 Å². The topological polar surface area (TPSA) is 29.1 Å². The SMILES string of the molecule is CCC(CC)(CC)NC(=O)c1ccc(F)cc1I. The molecule has 0 heterocycles. The molecule has 1 aromatic carbocycles. The Morgan fingerprint density at radius 1 is 1.28 bits per heavy atom. The van der Waals surface area contributed by atoms with Gasteiger partial charge in [-0.15, -0.1) is 0 Å². The predicted molar refractivity (Wildman–Crippen MR) is 80.2 cm³/mol. The van der Waals surface area contributed by atoms with Crippen LogP contribution in [0, 0.1) is 9.39 Å². The van der Waals surface area contributed by atoms with Gasteiger partial charge in [0.15, 0.2) is 0 Å². The smallest absolute Gasteiger partial charge is 0.252 e. The number of carbonyl (C=O) groups excluding carboxylic acids is 1. The van der Waals surface area contributed by atoms with Crippen molar-refractivity contribution in [1.29, 1.82) is 0 Å². The van der Waals surface area contributed by atoms with Crippen LogP contribution in [0.15, 0.2) is 18.2 Å². The van der Waals surface area contributed by atoms with E-state index >= 15 is 0 Å². The number of benzene rings is 1. The molecular formula is C14H19FINO. The highest BCUT2D eigenvalue weighted by Gasteiger charge is 2.26. The zero-order valence-corrected chi connectivity index (χ0v) is 13.2. The van der Waals surface area contributed by atoms with E-state index in [1.165, 1.54) is 18.2 Å². The lowest BCUT2D eigenvalue weighted by molar-refractivity contribution is 0.0887. The Morgan fingerprint density at radius 3 is 2.28 bits per heavy atom. The zero-order chi connectivity index (χ0) is 13.8. The molecule has 0 aliphatic heterocycles. The molecule has 100 valence electrons. The summed E-state index contributed by atoms with van der Waals surface area (Å²) >= 11 is 1.99. The first-order valence-corrected chi connectivity index (χ1v) is 7.33. The molecule has 1 rings (SSSR count). The van der Waals surface area contributed by atoms with Gasteiger partial charge in [0.1, 0.15) is 5.82 Å². The van der Waals surface area contributed by atoms with Gasteiger partial charge in [0.25, 0.3) is 5.91 Å². The molecule has 0 unspecified atom stereocenters. The van der Waals surface area contributed by atoms with Crippen molar-refractivity contribution in [3.05, 3.63) is 33.1 Å². The predicted octanol–water partition coefficient (Wildman–Crippen LogP) is 4.13. The lowest BCUT2D eigenvalue weighted by Gasteiger charge is -2.32. The summed E-state index contributed by atoms with van der Waals surface area (Å²) in [6, 6.07) is 4.24. The van der Waals surface area contributed by atoms with E-state index in [0.717, 1.165) is 19.3 Å². The van der Waals surface area contributed by atoms with Gasteiger partial charge in [-0.1, -0.05) is 20.8 Å². The summed E-state index contributed by atoms with van der Waals surface area (Å²) in [7, 11) is 0. The molecule has 0 aliphatic rings. The highest BCUT2D eigenvalue weighted by Crippen LogP contribution is 2.21. The molecule has 0 atom stereocenters. The third-order valence-corrected chi connectivity index (χ3v) is 4.48. The highest BCUT2D eigenvalue weighted by molar-refractivity contribution is 14.1. The van der Waals surface area contributed by atoms with Gasteiger partial charge in [-0.25, -0.2) is 4.39 Å². The highest BCUT2D eigenvalue weighted by atomic mass is 127. The monoisotopic (exact) mass is 363 g/mol. The summed E-state index contributed by atoms with van der Waals surface area (Å²) in [6.07, 6.45) is 2.68. The van der Waals surface area contributed by atoms with E-state index in [2.05, 4.69) is 26.1 Å². The summed E-state index contributed by atoms with van der Waals surface area (Å²) in [5.74, 6) is -0.436. The first kappa shape index (κ1) is 15.4. The Hall–Kier alpha value is -0.650. The molecule has 1 aromatic rings. The van der Waals surface area contributed by atoms with Crippen molar-refractivity contribution in [3.8, 4) is 0 Å². The van der Waals surface area contributed by atoms with E-state index in [-0.39, 0.29) is 17.3 Å². The van der Waals surface area contributed by atoms with Crippen molar-refractivity contribution < 1.29 is 9.18 Å². The minimum atomic E-state index is -0.316. The quantitative estimate of drug-likeness (QED) is 0.784. The average molecular weight is 363 g/mol. The van der Waals surface area contributed by atoms with Gasteiger partial charge in [-0.2, -0.15) is 0 Å². The maximum absolute atomic E-state index is 13.0. The number of carbonyl (C=O) groups is 1. The van der Waals surface area contributed by atoms with Gasteiger partial charge in [-0.3, -0.25) is 4.79 Å². The largest absolute Gasteiger partial charge is 0.347 e. The van der Waals surface area contributed by atoms with Crippen LogP contribution in [0.25, 0.3) is 0 Å². The molecular weight excluding hydrogens is 344 g/mol. The number of rotatable bonds is 5. The van der Waals surface area contributed by atoms with Crippen molar-refractivity contribution in [2.75, 3.05) is 0 Å². The number of nitrogens with one attached hydrogen (secondary N) is 1. The summed E-state index contributed by atoms with van der Waals surface area (Å²) in [5.41, 5.74) is 0.380. The Labute approximate surface area is 121 Å². The van der Waals surface area contributed by atoms with Crippen molar-refractivity contribution in [2.24, 2.45) is 0 Å². The second kappa shape index (κ2) is 6.50. The Morgan fingerprint density at radius 2 is 1.83 bits per heavy atom. The van der Waals surface area contributed by atoms with E-state index < -0.39 is 0 Å². The summed E-state index contributed by atoms with van der Waals surface area (Å²) < 4.78 is 13.7. The Bertz CT molecular complexity index is 422. The standard InChI is InChI=1S/C14H19FINO/c1-4-14(5-2,6-3)17-13(18)11-8-7-10(15)9-12(11)16/h7-9H,4-6H2,1-3H3,(H,17,18). The van der Waals surface area contributed by atoms with E-state index in [1.807, 2.05) is 22.6 Å². The van der Waals surface area contributed by atoms with Crippen molar-refractivity contribution in [2.45, 2.75) is 45.6 Å². The fourth-order valence-corrected chi connectivity index (χ4v) is 2.72. The molecule has 0 saturated heterocycles. The normalized spacial score (nSPS) is 11.4. The third-order valence-electron chi connectivity index (χ3n) is 3.58. The first-order valence-electron chi connectivity index (χ1n) is 6.25. The lowest BCUT2D eigenvalue weighted by Crippen LogP contribution is -2.47. The maximum atomic E-state index is 13.0. The fraction of sp³-hybridized carbons (Fsp3) is 0.500. The van der Waals surface area contributed by atoms with Gasteiger partial charge in [0, 0.05) is 9.11 Å². The minimum absolute atomic E-state index is 0.120. The molecule has 0 saturated carbocycles. The molecule has 0 bridgehead atoms. The zero-order valence-electron chi connectivity index (χ0n) is 11.0. The van der Waals surface area contributed by atoms with Crippen LogP contribution in [-0.4, -0.2) is 11.4 Å². The Kier molecular flexibility index (Phi) is 5.56. The second-order valence-electron chi connectivity index (χ2n) is 4.42. The van der Waals surface area contributed by atoms with E-state index in [1.54, 1.807) is 0 Å². The van der Waals surface area contributed by atoms with Crippen LogP contribution in [0.1, 0.15) is 50.4 Å². The third kappa shape index (κ3) is 3.43. The van der Waals surface area contributed by atoms with Crippen LogP contribution in [-0.2, 0) is 0 Å².